The molecule has 0 bridgehead atoms. The van der Waals surface area contributed by atoms with Crippen LogP contribution in [0.2, 0.25) is 5.02 Å². The number of hydrogen-bond acceptors (Lipinski definition) is 11. The number of likely N-dealkylation sites (tertiary alicyclic amines) is 2. The van der Waals surface area contributed by atoms with Gasteiger partial charge in [-0.1, -0.05) is 17.7 Å². The highest BCUT2D eigenvalue weighted by Gasteiger charge is 2.52. The van der Waals surface area contributed by atoms with Crippen molar-refractivity contribution in [3.63, 3.8) is 0 Å². The molecule has 1 spiro atoms. The SMILES string of the molecule is CC(Oc1nc(N2CCC3(CCN3C(=O)n3cncn3)C2)c2cc(Cl)c(-c3ccc(F)c4sc(N)c(C#N)c34)c(F)c2n1)[C@@H]1CCCN1C. The van der Waals surface area contributed by atoms with Crippen LogP contribution in [0.1, 0.15) is 38.2 Å². The lowest BCUT2D eigenvalue weighted by Gasteiger charge is -2.50. The molecule has 6 heterocycles. The molecule has 3 atom stereocenters. The summed E-state index contributed by atoms with van der Waals surface area (Å²) in [6.07, 6.45) is 5.85. The van der Waals surface area contributed by atoms with Gasteiger partial charge in [-0.2, -0.15) is 25.0 Å². The Kier molecular flexibility index (Phi) is 7.58. The molecule has 3 aromatic heterocycles. The molecule has 2 unspecified atom stereocenters. The van der Waals surface area contributed by atoms with Gasteiger partial charge in [0.1, 0.15) is 47.0 Å². The van der Waals surface area contributed by atoms with Crippen molar-refractivity contribution in [3.8, 4) is 23.2 Å². The molecule has 3 fully saturated rings. The second-order valence-corrected chi connectivity index (χ2v) is 14.4. The molecule has 5 aromatic rings. The van der Waals surface area contributed by atoms with Crippen molar-refractivity contribution in [1.29, 1.82) is 5.26 Å². The number of ether oxygens (including phenoxy) is 1. The number of anilines is 2. The molecular weight excluding hydrogens is 674 g/mol. The number of nitrogens with zero attached hydrogens (tertiary/aromatic N) is 9. The van der Waals surface area contributed by atoms with Gasteiger partial charge in [0, 0.05) is 42.0 Å². The Bertz CT molecular complexity index is 2190. The van der Waals surface area contributed by atoms with E-state index in [-0.39, 0.29) is 66.5 Å². The van der Waals surface area contributed by atoms with Crippen LogP contribution < -0.4 is 15.4 Å². The molecular formula is C33H31ClF2N10O2S. The standard InChI is InChI=1S/C33H31ClF2N10O2S/c1-17(23-4-3-9-43(23)2)48-31-41-27-19(30(42-31)44-10-7-33(14-44)8-11-45(33)32(47)46-16-39-15-40-46)12-21(34)25(26(27)36)18-5-6-22(35)28-24(18)20(13-37)29(38)49-28/h5-6,12,15-17,23H,3-4,7-11,14,38H2,1-2H3/t17?,23-,33?/m0/s1. The molecule has 12 nitrogen and oxygen atoms in total. The molecule has 3 saturated heterocycles. The molecule has 16 heteroatoms. The molecule has 2 N–H and O–H groups in total. The van der Waals surface area contributed by atoms with Gasteiger partial charge in [-0.15, -0.1) is 11.3 Å². The molecule has 49 heavy (non-hydrogen) atoms. The van der Waals surface area contributed by atoms with Gasteiger partial charge in [-0.25, -0.2) is 18.6 Å². The Morgan fingerprint density at radius 1 is 1.24 bits per heavy atom. The van der Waals surface area contributed by atoms with E-state index in [1.807, 2.05) is 24.9 Å². The van der Waals surface area contributed by atoms with Crippen molar-refractivity contribution < 1.29 is 18.3 Å². The summed E-state index contributed by atoms with van der Waals surface area (Å²) in [5.41, 5.74) is 5.84. The fourth-order valence-electron chi connectivity index (χ4n) is 7.71. The van der Waals surface area contributed by atoms with E-state index in [9.17, 15) is 14.4 Å². The maximum absolute atomic E-state index is 17.1. The maximum Gasteiger partial charge on any atom is 0.346 e. The summed E-state index contributed by atoms with van der Waals surface area (Å²) in [6.45, 7) is 4.45. The lowest BCUT2D eigenvalue weighted by atomic mass is 9.84. The molecule has 252 valence electrons. The Hall–Kier alpha value is -4.65. The highest BCUT2D eigenvalue weighted by molar-refractivity contribution is 7.23. The van der Waals surface area contributed by atoms with Gasteiger partial charge in [-0.05, 0) is 63.9 Å². The van der Waals surface area contributed by atoms with E-state index in [1.165, 1.54) is 29.5 Å². The number of amides is 1. The summed E-state index contributed by atoms with van der Waals surface area (Å²) in [4.78, 5) is 32.7. The topological polar surface area (TPSA) is 142 Å². The van der Waals surface area contributed by atoms with Crippen LogP contribution in [0, 0.1) is 23.0 Å². The van der Waals surface area contributed by atoms with Gasteiger partial charge < -0.3 is 20.3 Å². The molecule has 0 saturated carbocycles. The Morgan fingerprint density at radius 2 is 2.06 bits per heavy atom. The molecule has 3 aliphatic heterocycles. The van der Waals surface area contributed by atoms with Crippen molar-refractivity contribution in [2.75, 3.05) is 43.9 Å². The fraction of sp³-hybridized carbons (Fsp3) is 0.394. The van der Waals surface area contributed by atoms with Gasteiger partial charge in [0.05, 0.1) is 20.8 Å². The molecule has 2 aromatic carbocycles. The molecule has 8 rings (SSSR count). The number of likely N-dealkylation sites (N-methyl/N-ethyl adjacent to an activating group) is 1. The highest BCUT2D eigenvalue weighted by atomic mass is 35.5. The summed E-state index contributed by atoms with van der Waals surface area (Å²) < 4.78 is 39.7. The van der Waals surface area contributed by atoms with E-state index in [4.69, 9.17) is 27.1 Å². The highest BCUT2D eigenvalue weighted by Crippen LogP contribution is 2.47. The number of halogens is 3. The number of rotatable bonds is 5. The smallest absolute Gasteiger partial charge is 0.346 e. The van der Waals surface area contributed by atoms with E-state index < -0.39 is 17.2 Å². The van der Waals surface area contributed by atoms with Crippen LogP contribution in [0.4, 0.5) is 24.4 Å². The van der Waals surface area contributed by atoms with Gasteiger partial charge in [0.2, 0.25) is 0 Å². The molecule has 3 aliphatic rings. The summed E-state index contributed by atoms with van der Waals surface area (Å²) in [7, 11) is 2.04. The first-order chi connectivity index (χ1) is 23.6. The van der Waals surface area contributed by atoms with Crippen molar-refractivity contribution in [1.82, 2.24) is 34.5 Å². The van der Waals surface area contributed by atoms with Crippen LogP contribution in [0.3, 0.4) is 0 Å². The summed E-state index contributed by atoms with van der Waals surface area (Å²) in [5.74, 6) is -0.905. The van der Waals surface area contributed by atoms with Gasteiger partial charge in [-0.3, -0.25) is 4.90 Å². The maximum atomic E-state index is 17.1. The normalized spacial score (nSPS) is 21.5. The van der Waals surface area contributed by atoms with Crippen LogP contribution >= 0.6 is 22.9 Å². The number of carbonyl (C=O) groups is 1. The third-order valence-corrected chi connectivity index (χ3v) is 11.6. The number of nitriles is 1. The number of nitrogen functional groups attached to an aromatic ring is 1. The number of aromatic nitrogens is 5. The largest absolute Gasteiger partial charge is 0.459 e. The van der Waals surface area contributed by atoms with E-state index in [1.54, 1.807) is 11.0 Å². The van der Waals surface area contributed by atoms with E-state index in [0.717, 1.165) is 37.1 Å². The predicted molar refractivity (Wildman–Crippen MR) is 182 cm³/mol. The second-order valence-electron chi connectivity index (χ2n) is 13.0. The Morgan fingerprint density at radius 3 is 2.76 bits per heavy atom. The fourth-order valence-corrected chi connectivity index (χ4v) is 8.96. The van der Waals surface area contributed by atoms with E-state index >= 15 is 4.39 Å². The zero-order valence-corrected chi connectivity index (χ0v) is 28.2. The van der Waals surface area contributed by atoms with Crippen molar-refractivity contribution in [3.05, 3.63) is 53.1 Å². The van der Waals surface area contributed by atoms with Crippen molar-refractivity contribution >= 4 is 60.8 Å². The zero-order valence-electron chi connectivity index (χ0n) is 26.7. The zero-order chi connectivity index (χ0) is 34.2. The number of hydrogen-bond donors (Lipinski definition) is 1. The quantitative estimate of drug-likeness (QED) is 0.243. The predicted octanol–water partition coefficient (Wildman–Crippen LogP) is 5.67. The second kappa shape index (κ2) is 11.7. The van der Waals surface area contributed by atoms with Gasteiger partial charge in [0.15, 0.2) is 5.82 Å². The number of carbonyl (C=O) groups excluding carboxylic acids is 1. The molecule has 0 radical (unpaired) electrons. The monoisotopic (exact) mass is 704 g/mol. The third kappa shape index (κ3) is 4.95. The number of nitrogens with two attached hydrogens (primary N) is 1. The third-order valence-electron chi connectivity index (χ3n) is 10.3. The minimum atomic E-state index is -0.760. The Balaban J connectivity index is 1.26. The van der Waals surface area contributed by atoms with Crippen LogP contribution in [-0.2, 0) is 0 Å². The van der Waals surface area contributed by atoms with Crippen LogP contribution in [0.25, 0.3) is 32.1 Å². The minimum Gasteiger partial charge on any atom is -0.459 e. The lowest BCUT2D eigenvalue weighted by Crippen LogP contribution is -2.64. The van der Waals surface area contributed by atoms with Crippen LogP contribution in [-0.4, -0.2) is 91.5 Å². The van der Waals surface area contributed by atoms with Crippen molar-refractivity contribution in [2.24, 2.45) is 0 Å². The average molecular weight is 705 g/mol. The summed E-state index contributed by atoms with van der Waals surface area (Å²) in [5, 5.41) is 14.6. The Labute approximate surface area is 288 Å². The summed E-state index contributed by atoms with van der Waals surface area (Å²) >= 11 is 7.81. The van der Waals surface area contributed by atoms with E-state index in [0.29, 0.717) is 37.3 Å². The van der Waals surface area contributed by atoms with Crippen LogP contribution in [0.5, 0.6) is 6.01 Å². The van der Waals surface area contributed by atoms with Gasteiger partial charge in [0.25, 0.3) is 0 Å². The number of thiophene rings is 1. The van der Waals surface area contributed by atoms with E-state index in [2.05, 4.69) is 20.0 Å². The lowest BCUT2D eigenvalue weighted by molar-refractivity contribution is 0.0400. The van der Waals surface area contributed by atoms with Gasteiger partial charge >= 0.3 is 12.0 Å². The molecule has 1 amide bonds. The van der Waals surface area contributed by atoms with Crippen LogP contribution in [0.15, 0.2) is 30.9 Å². The van der Waals surface area contributed by atoms with Crippen molar-refractivity contribution in [2.45, 2.75) is 50.3 Å². The first-order valence-corrected chi connectivity index (χ1v) is 17.2. The number of fused-ring (bicyclic) bond motifs is 2. The first kappa shape index (κ1) is 31.6. The molecule has 0 aliphatic carbocycles. The average Bonchev–Trinajstić information content (AvgIpc) is 3.88. The first-order valence-electron chi connectivity index (χ1n) is 16.0. The minimum absolute atomic E-state index is 0.00863. The number of benzene rings is 2. The summed E-state index contributed by atoms with van der Waals surface area (Å²) in [6, 6.07) is 6.14.